The summed E-state index contributed by atoms with van der Waals surface area (Å²) >= 11 is 0. The standard InChI is InChI=1S/C14H17NO4/c1-9(14(17)18)10-3-2-4-12(7-10)15-13(16)11-5-6-19-8-11/h2-4,7,9,11H,5-6,8H2,1H3,(H,15,16)(H,17,18). The maximum absolute atomic E-state index is 11.9. The highest BCUT2D eigenvalue weighted by molar-refractivity contribution is 5.93. The van der Waals surface area contributed by atoms with E-state index in [-0.39, 0.29) is 11.8 Å². The van der Waals surface area contributed by atoms with Gasteiger partial charge in [0.05, 0.1) is 18.4 Å². The topological polar surface area (TPSA) is 75.6 Å². The van der Waals surface area contributed by atoms with Crippen LogP contribution in [0.2, 0.25) is 0 Å². The van der Waals surface area contributed by atoms with E-state index in [0.29, 0.717) is 24.5 Å². The van der Waals surface area contributed by atoms with Gasteiger partial charge in [-0.25, -0.2) is 0 Å². The van der Waals surface area contributed by atoms with Crippen molar-refractivity contribution in [3.8, 4) is 0 Å². The molecule has 2 unspecified atom stereocenters. The third kappa shape index (κ3) is 3.32. The van der Waals surface area contributed by atoms with Crippen molar-refractivity contribution in [2.75, 3.05) is 18.5 Å². The lowest BCUT2D eigenvalue weighted by Gasteiger charge is -2.12. The fraction of sp³-hybridized carbons (Fsp3) is 0.429. The lowest BCUT2D eigenvalue weighted by atomic mass is 10.0. The molecular formula is C14H17NO4. The zero-order valence-corrected chi connectivity index (χ0v) is 10.8. The number of rotatable bonds is 4. The summed E-state index contributed by atoms with van der Waals surface area (Å²) in [5.41, 5.74) is 1.30. The Morgan fingerprint density at radius 1 is 1.47 bits per heavy atom. The van der Waals surface area contributed by atoms with Crippen LogP contribution in [-0.2, 0) is 14.3 Å². The van der Waals surface area contributed by atoms with E-state index in [1.165, 1.54) is 0 Å². The van der Waals surface area contributed by atoms with Crippen LogP contribution >= 0.6 is 0 Å². The number of amides is 1. The lowest BCUT2D eigenvalue weighted by molar-refractivity contribution is -0.138. The first kappa shape index (κ1) is 13.5. The molecule has 1 aliphatic heterocycles. The molecule has 0 spiro atoms. The third-order valence-corrected chi connectivity index (χ3v) is 3.33. The van der Waals surface area contributed by atoms with Gasteiger partial charge in [0.25, 0.3) is 0 Å². The van der Waals surface area contributed by atoms with Crippen molar-refractivity contribution in [3.05, 3.63) is 29.8 Å². The van der Waals surface area contributed by atoms with Gasteiger partial charge in [-0.1, -0.05) is 12.1 Å². The predicted octanol–water partition coefficient (Wildman–Crippen LogP) is 1.85. The predicted molar refractivity (Wildman–Crippen MR) is 70.0 cm³/mol. The van der Waals surface area contributed by atoms with Gasteiger partial charge < -0.3 is 15.2 Å². The average molecular weight is 263 g/mol. The maximum Gasteiger partial charge on any atom is 0.310 e. The Morgan fingerprint density at radius 3 is 2.89 bits per heavy atom. The van der Waals surface area contributed by atoms with Gasteiger partial charge in [-0.05, 0) is 31.0 Å². The minimum absolute atomic E-state index is 0.0716. The number of ether oxygens (including phenoxy) is 1. The van der Waals surface area contributed by atoms with Crippen LogP contribution in [0.3, 0.4) is 0 Å². The van der Waals surface area contributed by atoms with Crippen molar-refractivity contribution in [1.82, 2.24) is 0 Å². The van der Waals surface area contributed by atoms with Gasteiger partial charge in [-0.15, -0.1) is 0 Å². The molecule has 2 atom stereocenters. The van der Waals surface area contributed by atoms with Gasteiger partial charge in [-0.3, -0.25) is 9.59 Å². The summed E-state index contributed by atoms with van der Waals surface area (Å²) in [6, 6.07) is 6.95. The quantitative estimate of drug-likeness (QED) is 0.869. The first-order valence-corrected chi connectivity index (χ1v) is 6.29. The fourth-order valence-corrected chi connectivity index (χ4v) is 2.01. The van der Waals surface area contributed by atoms with Crippen molar-refractivity contribution in [2.24, 2.45) is 5.92 Å². The van der Waals surface area contributed by atoms with E-state index in [2.05, 4.69) is 5.32 Å². The number of hydrogen-bond donors (Lipinski definition) is 2. The first-order chi connectivity index (χ1) is 9.08. The Bertz CT molecular complexity index is 480. The monoisotopic (exact) mass is 263 g/mol. The van der Waals surface area contributed by atoms with E-state index in [1.807, 2.05) is 0 Å². The van der Waals surface area contributed by atoms with Crippen molar-refractivity contribution in [2.45, 2.75) is 19.3 Å². The third-order valence-electron chi connectivity index (χ3n) is 3.33. The number of aliphatic carboxylic acids is 1. The van der Waals surface area contributed by atoms with Crippen LogP contribution in [0.25, 0.3) is 0 Å². The molecule has 2 N–H and O–H groups in total. The number of hydrogen-bond acceptors (Lipinski definition) is 3. The molecule has 1 aromatic rings. The van der Waals surface area contributed by atoms with E-state index in [0.717, 1.165) is 6.42 Å². The molecule has 1 saturated heterocycles. The van der Waals surface area contributed by atoms with Gasteiger partial charge >= 0.3 is 5.97 Å². The maximum atomic E-state index is 11.9. The molecule has 1 aromatic carbocycles. The van der Waals surface area contributed by atoms with Crippen LogP contribution in [0.5, 0.6) is 0 Å². The van der Waals surface area contributed by atoms with Gasteiger partial charge in [-0.2, -0.15) is 0 Å². The Balaban J connectivity index is 2.06. The molecule has 0 aromatic heterocycles. The molecule has 0 aliphatic carbocycles. The Morgan fingerprint density at radius 2 is 2.26 bits per heavy atom. The minimum Gasteiger partial charge on any atom is -0.481 e. The van der Waals surface area contributed by atoms with E-state index in [4.69, 9.17) is 9.84 Å². The average Bonchev–Trinajstić information content (AvgIpc) is 2.92. The summed E-state index contributed by atoms with van der Waals surface area (Å²) in [7, 11) is 0. The molecule has 1 aliphatic rings. The molecule has 5 heteroatoms. The van der Waals surface area contributed by atoms with Gasteiger partial charge in [0.15, 0.2) is 0 Å². The summed E-state index contributed by atoms with van der Waals surface area (Å²) in [6.07, 6.45) is 0.733. The lowest BCUT2D eigenvalue weighted by Crippen LogP contribution is -2.22. The van der Waals surface area contributed by atoms with Crippen molar-refractivity contribution >= 4 is 17.6 Å². The van der Waals surface area contributed by atoms with Gasteiger partial charge in [0.2, 0.25) is 5.91 Å². The SMILES string of the molecule is CC(C(=O)O)c1cccc(NC(=O)C2CCOC2)c1. The second-order valence-corrected chi connectivity index (χ2v) is 4.74. The van der Waals surface area contributed by atoms with Crippen molar-refractivity contribution < 1.29 is 19.4 Å². The summed E-state index contributed by atoms with van der Waals surface area (Å²) < 4.78 is 5.17. The number of carboxylic acids is 1. The highest BCUT2D eigenvalue weighted by Crippen LogP contribution is 2.21. The Hall–Kier alpha value is -1.88. The second-order valence-electron chi connectivity index (χ2n) is 4.74. The van der Waals surface area contributed by atoms with E-state index >= 15 is 0 Å². The molecule has 19 heavy (non-hydrogen) atoms. The minimum atomic E-state index is -0.882. The number of anilines is 1. The number of nitrogens with one attached hydrogen (secondary N) is 1. The Labute approximate surface area is 111 Å². The molecule has 102 valence electrons. The summed E-state index contributed by atoms with van der Waals surface area (Å²) in [5, 5.41) is 11.8. The van der Waals surface area contributed by atoms with Crippen LogP contribution < -0.4 is 5.32 Å². The Kier molecular flexibility index (Phi) is 4.16. The summed E-state index contributed by atoms with van der Waals surface area (Å²) in [5.74, 6) is -1.66. The van der Waals surface area contributed by atoms with E-state index in [1.54, 1.807) is 31.2 Å². The molecule has 1 fully saturated rings. The molecule has 1 amide bonds. The fourth-order valence-electron chi connectivity index (χ4n) is 2.01. The first-order valence-electron chi connectivity index (χ1n) is 6.29. The number of carbonyl (C=O) groups excluding carboxylic acids is 1. The largest absolute Gasteiger partial charge is 0.481 e. The zero-order chi connectivity index (χ0) is 13.8. The van der Waals surface area contributed by atoms with Crippen LogP contribution in [0.15, 0.2) is 24.3 Å². The van der Waals surface area contributed by atoms with Gasteiger partial charge in [0.1, 0.15) is 0 Å². The number of benzene rings is 1. The number of carboxylic acid groups (broad SMARTS) is 1. The molecule has 5 nitrogen and oxygen atoms in total. The normalized spacial score (nSPS) is 19.9. The van der Waals surface area contributed by atoms with E-state index < -0.39 is 11.9 Å². The van der Waals surface area contributed by atoms with Crippen LogP contribution in [-0.4, -0.2) is 30.2 Å². The van der Waals surface area contributed by atoms with Crippen LogP contribution in [0.4, 0.5) is 5.69 Å². The highest BCUT2D eigenvalue weighted by atomic mass is 16.5. The molecule has 2 rings (SSSR count). The smallest absolute Gasteiger partial charge is 0.310 e. The van der Waals surface area contributed by atoms with Crippen LogP contribution in [0, 0.1) is 5.92 Å². The van der Waals surface area contributed by atoms with Gasteiger partial charge in [0, 0.05) is 12.3 Å². The van der Waals surface area contributed by atoms with Crippen molar-refractivity contribution in [3.63, 3.8) is 0 Å². The highest BCUT2D eigenvalue weighted by Gasteiger charge is 2.23. The van der Waals surface area contributed by atoms with Crippen molar-refractivity contribution in [1.29, 1.82) is 0 Å². The second kappa shape index (κ2) is 5.84. The molecule has 0 saturated carbocycles. The number of carbonyl (C=O) groups is 2. The molecule has 0 bridgehead atoms. The zero-order valence-electron chi connectivity index (χ0n) is 10.8. The molecule has 0 radical (unpaired) electrons. The van der Waals surface area contributed by atoms with Crippen LogP contribution in [0.1, 0.15) is 24.8 Å². The summed E-state index contributed by atoms with van der Waals surface area (Å²) in [4.78, 5) is 22.9. The molecule has 1 heterocycles. The summed E-state index contributed by atoms with van der Waals surface area (Å²) in [6.45, 7) is 2.69. The molecular weight excluding hydrogens is 246 g/mol. The van der Waals surface area contributed by atoms with E-state index in [9.17, 15) is 9.59 Å².